The predicted octanol–water partition coefficient (Wildman–Crippen LogP) is 0.979. The monoisotopic (exact) mass is 264 g/mol. The quantitative estimate of drug-likeness (QED) is 0.833. The number of carbonyl (C=O) groups excluding carboxylic acids is 1. The summed E-state index contributed by atoms with van der Waals surface area (Å²) in [4.78, 5) is 13.8. The van der Waals surface area contributed by atoms with E-state index in [0.29, 0.717) is 26.3 Å². The van der Waals surface area contributed by atoms with E-state index < -0.39 is 0 Å². The molecule has 1 aromatic carbocycles. The number of aliphatic hydroxyl groups excluding tert-OH is 1. The van der Waals surface area contributed by atoms with E-state index >= 15 is 0 Å². The first-order valence-corrected chi connectivity index (χ1v) is 6.57. The van der Waals surface area contributed by atoms with Crippen LogP contribution >= 0.6 is 0 Å². The summed E-state index contributed by atoms with van der Waals surface area (Å²) in [5, 5.41) is 12.0. The highest BCUT2D eigenvalue weighted by Gasteiger charge is 2.21. The maximum atomic E-state index is 12.1. The van der Waals surface area contributed by atoms with Crippen LogP contribution in [0.3, 0.4) is 0 Å². The first-order valence-electron chi connectivity index (χ1n) is 6.57. The number of hydrogen-bond acceptors (Lipinski definition) is 3. The topological polar surface area (TPSA) is 61.8 Å². The number of hydrogen-bond donors (Lipinski definition) is 2. The Balaban J connectivity index is 1.92. The summed E-state index contributed by atoms with van der Waals surface area (Å²) in [5.41, 5.74) is 1.05. The average molecular weight is 264 g/mol. The maximum absolute atomic E-state index is 12.1. The van der Waals surface area contributed by atoms with Gasteiger partial charge in [0.15, 0.2) is 0 Å². The third-order valence-corrected chi connectivity index (χ3v) is 3.13. The van der Waals surface area contributed by atoms with Gasteiger partial charge in [-0.25, -0.2) is 4.79 Å². The summed E-state index contributed by atoms with van der Waals surface area (Å²) in [7, 11) is 0. The number of benzene rings is 1. The Morgan fingerprint density at radius 3 is 2.84 bits per heavy atom. The zero-order valence-corrected chi connectivity index (χ0v) is 10.9. The van der Waals surface area contributed by atoms with E-state index in [1.165, 1.54) is 0 Å². The van der Waals surface area contributed by atoms with Crippen LogP contribution in [0, 0.1) is 0 Å². The van der Waals surface area contributed by atoms with Gasteiger partial charge in [0.05, 0.1) is 19.3 Å². The van der Waals surface area contributed by atoms with Gasteiger partial charge in [0.25, 0.3) is 0 Å². The number of amides is 2. The van der Waals surface area contributed by atoms with Crippen LogP contribution in [0.2, 0.25) is 0 Å². The molecule has 2 rings (SSSR count). The molecule has 19 heavy (non-hydrogen) atoms. The van der Waals surface area contributed by atoms with Crippen molar-refractivity contribution in [1.29, 1.82) is 0 Å². The molecule has 5 heteroatoms. The normalized spacial score (nSPS) is 18.3. The van der Waals surface area contributed by atoms with Crippen molar-refractivity contribution in [2.75, 3.05) is 26.4 Å². The van der Waals surface area contributed by atoms with E-state index in [4.69, 9.17) is 9.84 Å². The Morgan fingerprint density at radius 1 is 1.42 bits per heavy atom. The zero-order valence-electron chi connectivity index (χ0n) is 10.9. The fourth-order valence-corrected chi connectivity index (χ4v) is 2.09. The van der Waals surface area contributed by atoms with Gasteiger partial charge in [-0.3, -0.25) is 0 Å². The smallest absolute Gasteiger partial charge is 0.318 e. The molecule has 2 amide bonds. The van der Waals surface area contributed by atoms with Crippen LogP contribution in [0.1, 0.15) is 12.0 Å². The highest BCUT2D eigenvalue weighted by atomic mass is 16.5. The summed E-state index contributed by atoms with van der Waals surface area (Å²) in [6.07, 6.45) is 0.851. The molecule has 0 spiro atoms. The minimum Gasteiger partial charge on any atom is -0.395 e. The van der Waals surface area contributed by atoms with Crippen LogP contribution in [-0.4, -0.2) is 48.4 Å². The van der Waals surface area contributed by atoms with Crippen LogP contribution in [-0.2, 0) is 11.3 Å². The lowest BCUT2D eigenvalue weighted by molar-refractivity contribution is 0.164. The molecule has 1 unspecified atom stereocenters. The Kier molecular flexibility index (Phi) is 5.18. The van der Waals surface area contributed by atoms with Crippen LogP contribution in [0.25, 0.3) is 0 Å². The van der Waals surface area contributed by atoms with Crippen LogP contribution < -0.4 is 5.32 Å². The van der Waals surface area contributed by atoms with Crippen LogP contribution in [0.5, 0.6) is 0 Å². The molecule has 1 heterocycles. The number of aliphatic hydroxyl groups is 1. The van der Waals surface area contributed by atoms with Gasteiger partial charge in [0, 0.05) is 19.7 Å². The lowest BCUT2D eigenvalue weighted by Gasteiger charge is -2.24. The summed E-state index contributed by atoms with van der Waals surface area (Å²) in [5.74, 6) is 0. The van der Waals surface area contributed by atoms with Crippen molar-refractivity contribution in [1.82, 2.24) is 10.2 Å². The van der Waals surface area contributed by atoms with Crippen molar-refractivity contribution in [2.24, 2.45) is 0 Å². The van der Waals surface area contributed by atoms with Crippen molar-refractivity contribution in [3.63, 3.8) is 0 Å². The van der Waals surface area contributed by atoms with Crippen molar-refractivity contribution in [2.45, 2.75) is 19.0 Å². The van der Waals surface area contributed by atoms with E-state index in [2.05, 4.69) is 5.32 Å². The summed E-state index contributed by atoms with van der Waals surface area (Å²) >= 11 is 0. The molecule has 1 saturated heterocycles. The molecule has 5 nitrogen and oxygen atoms in total. The highest BCUT2D eigenvalue weighted by Crippen LogP contribution is 2.07. The fourth-order valence-electron chi connectivity index (χ4n) is 2.09. The van der Waals surface area contributed by atoms with Crippen molar-refractivity contribution >= 4 is 6.03 Å². The Bertz CT molecular complexity index is 391. The second kappa shape index (κ2) is 7.11. The average Bonchev–Trinajstić information content (AvgIpc) is 2.92. The lowest BCUT2D eigenvalue weighted by atomic mass is 10.2. The van der Waals surface area contributed by atoms with Gasteiger partial charge in [-0.05, 0) is 12.0 Å². The third-order valence-electron chi connectivity index (χ3n) is 3.13. The molecule has 2 N–H and O–H groups in total. The molecule has 0 aliphatic carbocycles. The summed E-state index contributed by atoms with van der Waals surface area (Å²) < 4.78 is 5.23. The van der Waals surface area contributed by atoms with Gasteiger partial charge < -0.3 is 20.1 Å². The molecular formula is C14H20N2O3. The molecule has 1 atom stereocenters. The number of carbonyl (C=O) groups is 1. The maximum Gasteiger partial charge on any atom is 0.318 e. The fraction of sp³-hybridized carbons (Fsp3) is 0.500. The van der Waals surface area contributed by atoms with Crippen molar-refractivity contribution in [3.05, 3.63) is 35.9 Å². The predicted molar refractivity (Wildman–Crippen MR) is 71.7 cm³/mol. The number of rotatable bonds is 5. The molecule has 0 radical (unpaired) electrons. The minimum atomic E-state index is -0.145. The Labute approximate surface area is 113 Å². The SMILES string of the molecule is O=C(NC1CCOC1)N(CCO)Cc1ccccc1. The molecular weight excluding hydrogens is 244 g/mol. The van der Waals surface area contributed by atoms with Crippen LogP contribution in [0.4, 0.5) is 4.79 Å². The second-order valence-corrected chi connectivity index (χ2v) is 4.64. The zero-order chi connectivity index (χ0) is 13.5. The Hall–Kier alpha value is -1.59. The largest absolute Gasteiger partial charge is 0.395 e. The van der Waals surface area contributed by atoms with E-state index in [-0.39, 0.29) is 18.7 Å². The van der Waals surface area contributed by atoms with E-state index in [9.17, 15) is 4.79 Å². The number of urea groups is 1. The van der Waals surface area contributed by atoms with Gasteiger partial charge in [-0.15, -0.1) is 0 Å². The first kappa shape index (κ1) is 13.8. The highest BCUT2D eigenvalue weighted by molar-refractivity contribution is 5.74. The van der Waals surface area contributed by atoms with Gasteiger partial charge in [0.2, 0.25) is 0 Å². The molecule has 1 fully saturated rings. The Morgan fingerprint density at radius 2 is 2.21 bits per heavy atom. The van der Waals surface area contributed by atoms with Gasteiger partial charge >= 0.3 is 6.03 Å². The molecule has 0 aromatic heterocycles. The molecule has 1 aromatic rings. The van der Waals surface area contributed by atoms with E-state index in [1.54, 1.807) is 4.90 Å². The summed E-state index contributed by atoms with van der Waals surface area (Å²) in [6.45, 7) is 2.06. The molecule has 1 aliphatic heterocycles. The summed E-state index contributed by atoms with van der Waals surface area (Å²) in [6, 6.07) is 9.70. The van der Waals surface area contributed by atoms with Gasteiger partial charge in [-0.2, -0.15) is 0 Å². The van der Waals surface area contributed by atoms with Crippen molar-refractivity contribution < 1.29 is 14.6 Å². The minimum absolute atomic E-state index is 0.0403. The molecule has 0 bridgehead atoms. The number of ether oxygens (including phenoxy) is 1. The number of nitrogens with one attached hydrogen (secondary N) is 1. The van der Waals surface area contributed by atoms with E-state index in [1.807, 2.05) is 30.3 Å². The third kappa shape index (κ3) is 4.22. The van der Waals surface area contributed by atoms with Crippen LogP contribution in [0.15, 0.2) is 30.3 Å². The first-order chi connectivity index (χ1) is 9.29. The second-order valence-electron chi connectivity index (χ2n) is 4.64. The van der Waals surface area contributed by atoms with Gasteiger partial charge in [0.1, 0.15) is 0 Å². The molecule has 0 saturated carbocycles. The standard InChI is InChI=1S/C14H20N2O3/c17-8-7-16(10-12-4-2-1-3-5-12)14(18)15-13-6-9-19-11-13/h1-5,13,17H,6-11H2,(H,15,18). The van der Waals surface area contributed by atoms with Gasteiger partial charge in [-0.1, -0.05) is 30.3 Å². The number of nitrogens with zero attached hydrogens (tertiary/aromatic N) is 1. The molecule has 104 valence electrons. The van der Waals surface area contributed by atoms with Crippen molar-refractivity contribution in [3.8, 4) is 0 Å². The van der Waals surface area contributed by atoms with E-state index in [0.717, 1.165) is 12.0 Å². The lowest BCUT2D eigenvalue weighted by Crippen LogP contribution is -2.45. The molecule has 1 aliphatic rings.